The van der Waals surface area contributed by atoms with Gasteiger partial charge in [-0.15, -0.1) is 0 Å². The number of nitrogens with one attached hydrogen (secondary N) is 1. The van der Waals surface area contributed by atoms with E-state index < -0.39 is 18.0 Å². The van der Waals surface area contributed by atoms with Crippen LogP contribution in [0.5, 0.6) is 0 Å². The predicted octanol–water partition coefficient (Wildman–Crippen LogP) is 5.13. The highest BCUT2D eigenvalue weighted by Gasteiger charge is 2.60. The van der Waals surface area contributed by atoms with Gasteiger partial charge < -0.3 is 10.4 Å². The number of aliphatic hydroxyl groups excluding tert-OH is 1. The van der Waals surface area contributed by atoms with Gasteiger partial charge in [0, 0.05) is 11.5 Å². The molecule has 3 aliphatic rings. The van der Waals surface area contributed by atoms with Crippen LogP contribution in [0.3, 0.4) is 0 Å². The lowest BCUT2D eigenvalue weighted by Gasteiger charge is -2.38. The number of halogens is 3. The first-order valence-electron chi connectivity index (χ1n) is 9.83. The maximum absolute atomic E-state index is 14.8. The molecule has 27 heavy (non-hydrogen) atoms. The Kier molecular flexibility index (Phi) is 4.97. The van der Waals surface area contributed by atoms with Crippen molar-refractivity contribution in [3.05, 3.63) is 33.6 Å². The Morgan fingerprint density at radius 2 is 1.96 bits per heavy atom. The van der Waals surface area contributed by atoms with Crippen molar-refractivity contribution >= 4 is 29.1 Å². The van der Waals surface area contributed by atoms with Gasteiger partial charge in [-0.25, -0.2) is 4.39 Å². The molecule has 0 bridgehead atoms. The third-order valence-electron chi connectivity index (χ3n) is 7.29. The molecule has 0 heterocycles. The van der Waals surface area contributed by atoms with E-state index in [1.165, 1.54) is 12.1 Å². The van der Waals surface area contributed by atoms with Crippen molar-refractivity contribution < 1.29 is 14.3 Å². The van der Waals surface area contributed by atoms with Crippen LogP contribution >= 0.6 is 23.2 Å². The van der Waals surface area contributed by atoms with Crippen molar-refractivity contribution in [1.29, 1.82) is 0 Å². The van der Waals surface area contributed by atoms with E-state index in [-0.39, 0.29) is 22.3 Å². The third kappa shape index (κ3) is 3.38. The van der Waals surface area contributed by atoms with Gasteiger partial charge >= 0.3 is 0 Å². The van der Waals surface area contributed by atoms with Crippen molar-refractivity contribution in [2.75, 3.05) is 0 Å². The summed E-state index contributed by atoms with van der Waals surface area (Å²) in [6, 6.07) is 2.25. The Morgan fingerprint density at radius 3 is 2.56 bits per heavy atom. The molecule has 1 aromatic rings. The largest absolute Gasteiger partial charge is 0.393 e. The number of carbonyl (C=O) groups is 1. The van der Waals surface area contributed by atoms with E-state index in [4.69, 9.17) is 23.2 Å². The fourth-order valence-electron chi connectivity index (χ4n) is 5.57. The fraction of sp³-hybridized carbons (Fsp3) is 0.667. The Balaban J connectivity index is 1.66. The monoisotopic (exact) mass is 413 g/mol. The van der Waals surface area contributed by atoms with E-state index in [2.05, 4.69) is 19.2 Å². The van der Waals surface area contributed by atoms with Crippen molar-refractivity contribution in [3.63, 3.8) is 0 Å². The summed E-state index contributed by atoms with van der Waals surface area (Å²) in [5, 5.41) is 13.4. The lowest BCUT2D eigenvalue weighted by molar-refractivity contribution is -0.126. The predicted molar refractivity (Wildman–Crippen MR) is 104 cm³/mol. The van der Waals surface area contributed by atoms with E-state index in [9.17, 15) is 14.3 Å². The summed E-state index contributed by atoms with van der Waals surface area (Å²) in [4.78, 5) is 12.9. The van der Waals surface area contributed by atoms with E-state index in [1.54, 1.807) is 0 Å². The van der Waals surface area contributed by atoms with Crippen molar-refractivity contribution in [2.45, 2.75) is 58.1 Å². The Hall–Kier alpha value is -0.840. The van der Waals surface area contributed by atoms with Gasteiger partial charge in [-0.05, 0) is 67.4 Å². The average Bonchev–Trinajstić information content (AvgIpc) is 2.98. The standard InChI is InChI=1S/C21H26Cl2FNO2/c1-10-13-8-21(2,9-14(10)13)19(17-16(24)6-5-15(22)18(17)23)25-20(27)11-3-4-12(26)7-11/h5-6,10-14,19,26H,3-4,7-9H2,1-2H3,(H,25,27)/t10?,11-,12-,13-,14+,19+,21?/m0/s1. The van der Waals surface area contributed by atoms with Gasteiger partial charge in [-0.1, -0.05) is 37.0 Å². The topological polar surface area (TPSA) is 49.3 Å². The molecule has 0 spiro atoms. The highest BCUT2D eigenvalue weighted by molar-refractivity contribution is 6.42. The number of rotatable bonds is 4. The molecule has 3 saturated carbocycles. The second-order valence-corrected chi connectivity index (χ2v) is 9.90. The van der Waals surface area contributed by atoms with Crippen LogP contribution in [0.25, 0.3) is 0 Å². The van der Waals surface area contributed by atoms with Crippen molar-refractivity contribution in [2.24, 2.45) is 29.1 Å². The first kappa shape index (κ1) is 19.5. The second kappa shape index (κ2) is 6.89. The molecule has 3 aliphatic carbocycles. The lowest BCUT2D eigenvalue weighted by atomic mass is 9.73. The summed E-state index contributed by atoms with van der Waals surface area (Å²) in [6.45, 7) is 4.38. The number of carbonyl (C=O) groups excluding carboxylic acids is 1. The molecular weight excluding hydrogens is 388 g/mol. The summed E-state index contributed by atoms with van der Waals surface area (Å²) >= 11 is 12.6. The molecule has 0 aromatic heterocycles. The first-order valence-corrected chi connectivity index (χ1v) is 10.6. The molecule has 2 N–H and O–H groups in total. The van der Waals surface area contributed by atoms with E-state index >= 15 is 0 Å². The van der Waals surface area contributed by atoms with Crippen LogP contribution in [0.1, 0.15) is 57.6 Å². The molecule has 0 saturated heterocycles. The second-order valence-electron chi connectivity index (χ2n) is 9.11. The molecule has 7 atom stereocenters. The number of amides is 1. The van der Waals surface area contributed by atoms with Crippen LogP contribution in [0.2, 0.25) is 10.0 Å². The number of hydrogen-bond acceptors (Lipinski definition) is 2. The smallest absolute Gasteiger partial charge is 0.223 e. The molecule has 3 fully saturated rings. The van der Waals surface area contributed by atoms with Crippen molar-refractivity contribution in [3.8, 4) is 0 Å². The molecule has 3 nitrogen and oxygen atoms in total. The minimum atomic E-state index is -0.519. The molecule has 0 radical (unpaired) electrons. The summed E-state index contributed by atoms with van der Waals surface area (Å²) in [6.07, 6.45) is 3.21. The zero-order valence-corrected chi connectivity index (χ0v) is 17.2. The minimum absolute atomic E-state index is 0.123. The van der Waals surface area contributed by atoms with E-state index in [0.29, 0.717) is 47.6 Å². The van der Waals surface area contributed by atoms with Crippen LogP contribution in [0.15, 0.2) is 12.1 Å². The summed E-state index contributed by atoms with van der Waals surface area (Å²) in [5.41, 5.74) is 0.0386. The number of aliphatic hydroxyl groups is 1. The van der Waals surface area contributed by atoms with Gasteiger partial charge in [0.05, 0.1) is 22.2 Å². The zero-order valence-electron chi connectivity index (χ0n) is 15.6. The van der Waals surface area contributed by atoms with Crippen LogP contribution in [-0.4, -0.2) is 17.1 Å². The van der Waals surface area contributed by atoms with Crippen molar-refractivity contribution in [1.82, 2.24) is 5.32 Å². The summed E-state index contributed by atoms with van der Waals surface area (Å²) in [7, 11) is 0. The molecule has 0 aliphatic heterocycles. The average molecular weight is 414 g/mol. The van der Waals surface area contributed by atoms with Gasteiger partial charge in [-0.2, -0.15) is 0 Å². The molecule has 6 heteroatoms. The summed E-state index contributed by atoms with van der Waals surface area (Å²) in [5.74, 6) is 1.20. The molecule has 1 amide bonds. The van der Waals surface area contributed by atoms with Crippen LogP contribution in [-0.2, 0) is 4.79 Å². The summed E-state index contributed by atoms with van der Waals surface area (Å²) < 4.78 is 14.8. The van der Waals surface area contributed by atoms with Gasteiger partial charge in [0.25, 0.3) is 0 Å². The van der Waals surface area contributed by atoms with Crippen LogP contribution in [0, 0.1) is 34.9 Å². The fourth-order valence-corrected chi connectivity index (χ4v) is 5.99. The Bertz CT molecular complexity index is 759. The zero-order chi connectivity index (χ0) is 19.5. The van der Waals surface area contributed by atoms with Crippen LogP contribution in [0.4, 0.5) is 4.39 Å². The molecule has 4 rings (SSSR count). The maximum Gasteiger partial charge on any atom is 0.223 e. The number of benzene rings is 1. The normalized spacial score (nSPS) is 38.5. The Morgan fingerprint density at radius 1 is 1.30 bits per heavy atom. The van der Waals surface area contributed by atoms with Gasteiger partial charge in [0.2, 0.25) is 5.91 Å². The molecule has 148 valence electrons. The van der Waals surface area contributed by atoms with Gasteiger partial charge in [0.15, 0.2) is 0 Å². The SMILES string of the molecule is CC1[C@H]2CC(C)([C@H](NC(=O)[C@H]3CC[C@H](O)C3)c3c(F)ccc(Cl)c3Cl)C[C@@H]12. The highest BCUT2D eigenvalue weighted by Crippen LogP contribution is 2.67. The first-order chi connectivity index (χ1) is 12.7. The molecule has 2 unspecified atom stereocenters. The number of hydrogen-bond donors (Lipinski definition) is 2. The highest BCUT2D eigenvalue weighted by atomic mass is 35.5. The lowest BCUT2D eigenvalue weighted by Crippen LogP contribution is -2.42. The number of fused-ring (bicyclic) bond motifs is 1. The van der Waals surface area contributed by atoms with E-state index in [1.807, 2.05) is 0 Å². The molecule has 1 aromatic carbocycles. The minimum Gasteiger partial charge on any atom is -0.393 e. The van der Waals surface area contributed by atoms with E-state index in [0.717, 1.165) is 12.8 Å². The molecular formula is C21H26Cl2FNO2. The van der Waals surface area contributed by atoms with Gasteiger partial charge in [0.1, 0.15) is 5.82 Å². The quantitative estimate of drug-likeness (QED) is 0.671. The maximum atomic E-state index is 14.8. The Labute approximate surface area is 169 Å². The third-order valence-corrected chi connectivity index (χ3v) is 8.11. The van der Waals surface area contributed by atoms with Crippen LogP contribution < -0.4 is 5.32 Å². The van der Waals surface area contributed by atoms with Gasteiger partial charge in [-0.3, -0.25) is 4.79 Å².